The zero-order valence-electron chi connectivity index (χ0n) is 16.6. The maximum absolute atomic E-state index is 13.3. The summed E-state index contributed by atoms with van der Waals surface area (Å²) in [5, 5.41) is 9.81. The number of rotatable bonds is 8. The van der Waals surface area contributed by atoms with Crippen molar-refractivity contribution in [3.8, 4) is 12.3 Å². The first-order chi connectivity index (χ1) is 12.5. The lowest BCUT2D eigenvalue weighted by Gasteiger charge is -2.48. The van der Waals surface area contributed by atoms with Crippen LogP contribution in [0.15, 0.2) is 36.0 Å². The molecule has 0 rings (SSSR count). The maximum atomic E-state index is 13.3. The maximum Gasteiger partial charge on any atom is 0.429 e. The van der Waals surface area contributed by atoms with Crippen LogP contribution in [-0.2, 0) is 4.74 Å². The van der Waals surface area contributed by atoms with Crippen molar-refractivity contribution in [3.05, 3.63) is 36.0 Å². The molecule has 2 nitrogen and oxygen atoms in total. The van der Waals surface area contributed by atoms with Crippen molar-refractivity contribution < 1.29 is 36.2 Å². The van der Waals surface area contributed by atoms with Gasteiger partial charge in [0.25, 0.3) is 5.60 Å². The lowest BCUT2D eigenvalue weighted by molar-refractivity contribution is -0.419. The predicted molar refractivity (Wildman–Crippen MR) is 96.4 cm³/mol. The first-order valence-corrected chi connectivity index (χ1v) is 8.53. The standard InChI is InChI=1S/C20H26F6O2/c1-8-14(5)12-13-15(9-2)17(10-3,11-4)28-16(6,7)18(27,19(21,22)23)20(24,25)26/h2,8,12-13,27H,1,10-11H2,3-7H3/b14-12+,15-13+. The van der Waals surface area contributed by atoms with E-state index in [4.69, 9.17) is 11.2 Å². The van der Waals surface area contributed by atoms with E-state index >= 15 is 0 Å². The van der Waals surface area contributed by atoms with Crippen LogP contribution in [0.5, 0.6) is 0 Å². The van der Waals surface area contributed by atoms with E-state index < -0.39 is 29.2 Å². The number of aliphatic hydroxyl groups is 1. The number of terminal acetylenes is 1. The van der Waals surface area contributed by atoms with Gasteiger partial charge in [0.05, 0.1) is 0 Å². The van der Waals surface area contributed by atoms with Gasteiger partial charge in [-0.3, -0.25) is 0 Å². The van der Waals surface area contributed by atoms with Crippen LogP contribution in [0.25, 0.3) is 0 Å². The smallest absolute Gasteiger partial charge is 0.371 e. The fraction of sp³-hybridized carbons (Fsp3) is 0.600. The molecule has 28 heavy (non-hydrogen) atoms. The highest BCUT2D eigenvalue weighted by atomic mass is 19.4. The minimum absolute atomic E-state index is 0.0181. The van der Waals surface area contributed by atoms with E-state index in [0.29, 0.717) is 19.4 Å². The number of halogens is 6. The molecule has 0 bridgehead atoms. The van der Waals surface area contributed by atoms with Gasteiger partial charge in [-0.1, -0.05) is 44.1 Å². The highest BCUT2D eigenvalue weighted by Gasteiger charge is 2.78. The van der Waals surface area contributed by atoms with Crippen molar-refractivity contribution in [3.63, 3.8) is 0 Å². The Hall–Kier alpha value is -1.72. The Bertz CT molecular complexity index is 642. The van der Waals surface area contributed by atoms with Crippen LogP contribution in [-0.4, -0.2) is 34.3 Å². The largest absolute Gasteiger partial charge is 0.429 e. The zero-order valence-corrected chi connectivity index (χ0v) is 16.6. The molecule has 0 aromatic heterocycles. The molecule has 8 heteroatoms. The Labute approximate surface area is 162 Å². The second kappa shape index (κ2) is 8.75. The van der Waals surface area contributed by atoms with Gasteiger partial charge in [0.1, 0.15) is 11.2 Å². The van der Waals surface area contributed by atoms with E-state index in [9.17, 15) is 31.4 Å². The van der Waals surface area contributed by atoms with E-state index in [2.05, 4.69) is 12.5 Å². The first-order valence-electron chi connectivity index (χ1n) is 8.53. The molecule has 0 aliphatic carbocycles. The summed E-state index contributed by atoms with van der Waals surface area (Å²) >= 11 is 0. The van der Waals surface area contributed by atoms with E-state index in [1.807, 2.05) is 0 Å². The number of hydrogen-bond acceptors (Lipinski definition) is 2. The Morgan fingerprint density at radius 2 is 1.46 bits per heavy atom. The van der Waals surface area contributed by atoms with Crippen LogP contribution < -0.4 is 0 Å². The molecule has 0 aliphatic rings. The molecule has 0 saturated heterocycles. The van der Waals surface area contributed by atoms with Crippen LogP contribution in [0, 0.1) is 12.3 Å². The minimum Gasteiger partial charge on any atom is -0.371 e. The molecular weight excluding hydrogens is 386 g/mol. The lowest BCUT2D eigenvalue weighted by Crippen LogP contribution is -2.71. The highest BCUT2D eigenvalue weighted by molar-refractivity contribution is 5.39. The van der Waals surface area contributed by atoms with Crippen LogP contribution >= 0.6 is 0 Å². The SMILES string of the molecule is C#C/C(=C\C=C(/C)C=C)C(CC)(CC)OC(C)(C)C(O)(C(F)(F)F)C(F)(F)F. The zero-order chi connectivity index (χ0) is 22.6. The van der Waals surface area contributed by atoms with Crippen molar-refractivity contribution in [2.45, 2.75) is 76.6 Å². The van der Waals surface area contributed by atoms with Gasteiger partial charge in [-0.25, -0.2) is 0 Å². The van der Waals surface area contributed by atoms with Crippen molar-refractivity contribution in [2.24, 2.45) is 0 Å². The third kappa shape index (κ3) is 4.81. The van der Waals surface area contributed by atoms with E-state index in [1.54, 1.807) is 6.92 Å². The molecule has 0 saturated carbocycles. The molecule has 0 radical (unpaired) electrons. The van der Waals surface area contributed by atoms with Gasteiger partial charge in [-0.15, -0.1) is 6.42 Å². The molecule has 1 N–H and O–H groups in total. The van der Waals surface area contributed by atoms with Crippen molar-refractivity contribution in [1.82, 2.24) is 0 Å². The molecule has 0 aromatic carbocycles. The Balaban J connectivity index is 6.58. The van der Waals surface area contributed by atoms with Gasteiger partial charge in [0.15, 0.2) is 0 Å². The van der Waals surface area contributed by atoms with Gasteiger partial charge in [-0.05, 0) is 39.7 Å². The first kappa shape index (κ1) is 26.3. The average Bonchev–Trinajstić information content (AvgIpc) is 2.57. The van der Waals surface area contributed by atoms with Gasteiger partial charge >= 0.3 is 12.4 Å². The fourth-order valence-corrected chi connectivity index (χ4v) is 2.85. The molecule has 0 unspecified atom stereocenters. The Morgan fingerprint density at radius 3 is 1.75 bits per heavy atom. The molecule has 0 aromatic rings. The second-order valence-electron chi connectivity index (χ2n) is 6.86. The summed E-state index contributed by atoms with van der Waals surface area (Å²) in [7, 11) is 0. The van der Waals surface area contributed by atoms with Crippen LogP contribution in [0.1, 0.15) is 47.5 Å². The van der Waals surface area contributed by atoms with Crippen LogP contribution in [0.2, 0.25) is 0 Å². The predicted octanol–water partition coefficient (Wildman–Crippen LogP) is 5.89. The van der Waals surface area contributed by atoms with Gasteiger partial charge in [0, 0.05) is 5.57 Å². The minimum atomic E-state index is -6.03. The van der Waals surface area contributed by atoms with Gasteiger partial charge in [0.2, 0.25) is 0 Å². The molecular formula is C20H26F6O2. The summed E-state index contributed by atoms with van der Waals surface area (Å²) in [6.07, 6.45) is -2.20. The molecule has 160 valence electrons. The summed E-state index contributed by atoms with van der Waals surface area (Å²) in [4.78, 5) is 0. The Morgan fingerprint density at radius 1 is 1.04 bits per heavy atom. The van der Waals surface area contributed by atoms with Crippen LogP contribution in [0.4, 0.5) is 26.3 Å². The summed E-state index contributed by atoms with van der Waals surface area (Å²) < 4.78 is 85.4. The summed E-state index contributed by atoms with van der Waals surface area (Å²) in [5.74, 6) is 2.29. The normalized spacial score (nSPS) is 15.4. The van der Waals surface area contributed by atoms with Crippen LogP contribution in [0.3, 0.4) is 0 Å². The molecule has 0 spiro atoms. The van der Waals surface area contributed by atoms with Gasteiger partial charge in [-0.2, -0.15) is 26.3 Å². The summed E-state index contributed by atoms with van der Waals surface area (Å²) in [5.41, 5.74) is -9.12. The van der Waals surface area contributed by atoms with E-state index in [1.165, 1.54) is 32.1 Å². The molecule has 0 heterocycles. The number of allylic oxidation sites excluding steroid dienone is 4. The monoisotopic (exact) mass is 412 g/mol. The van der Waals surface area contributed by atoms with E-state index in [-0.39, 0.29) is 18.4 Å². The second-order valence-corrected chi connectivity index (χ2v) is 6.86. The topological polar surface area (TPSA) is 29.5 Å². The van der Waals surface area contributed by atoms with Crippen molar-refractivity contribution in [1.29, 1.82) is 0 Å². The van der Waals surface area contributed by atoms with Crippen molar-refractivity contribution >= 4 is 0 Å². The quantitative estimate of drug-likeness (QED) is 0.306. The average molecular weight is 412 g/mol. The molecule has 0 fully saturated rings. The fourth-order valence-electron chi connectivity index (χ4n) is 2.85. The van der Waals surface area contributed by atoms with Crippen molar-refractivity contribution in [2.75, 3.05) is 0 Å². The van der Waals surface area contributed by atoms with E-state index in [0.717, 1.165) is 0 Å². The van der Waals surface area contributed by atoms with Gasteiger partial charge < -0.3 is 9.84 Å². The third-order valence-electron chi connectivity index (χ3n) is 4.77. The number of alkyl halides is 6. The lowest BCUT2D eigenvalue weighted by atomic mass is 9.80. The summed E-state index contributed by atoms with van der Waals surface area (Å²) in [6.45, 7) is 9.38. The third-order valence-corrected chi connectivity index (χ3v) is 4.77. The summed E-state index contributed by atoms with van der Waals surface area (Å²) in [6, 6.07) is 0. The highest BCUT2D eigenvalue weighted by Crippen LogP contribution is 2.52. The number of hydrogen-bond donors (Lipinski definition) is 1. The molecule has 0 atom stereocenters. The Kier molecular flexibility index (Phi) is 8.21. The molecule has 0 amide bonds. The number of ether oxygens (including phenoxy) is 1. The molecule has 0 aliphatic heterocycles.